The van der Waals surface area contributed by atoms with Crippen molar-refractivity contribution in [2.45, 2.75) is 33.0 Å². The number of nitrogens with zero attached hydrogens (tertiary/aromatic N) is 5. The van der Waals surface area contributed by atoms with Gasteiger partial charge in [0.15, 0.2) is 0 Å². The minimum Gasteiger partial charge on any atom is -0.312 e. The van der Waals surface area contributed by atoms with Crippen LogP contribution in [0.3, 0.4) is 0 Å². The van der Waals surface area contributed by atoms with Crippen molar-refractivity contribution in [1.29, 1.82) is 0 Å². The molecule has 4 aromatic rings. The first-order valence-corrected chi connectivity index (χ1v) is 9.59. The molecule has 0 unspecified atom stereocenters. The van der Waals surface area contributed by atoms with E-state index in [4.69, 9.17) is 0 Å². The highest BCUT2D eigenvalue weighted by Gasteiger charge is 2.19. The topological polar surface area (TPSA) is 77.6 Å². The number of aromatic nitrogens is 5. The van der Waals surface area contributed by atoms with Crippen LogP contribution in [0.1, 0.15) is 22.9 Å². The lowest BCUT2D eigenvalue weighted by Crippen LogP contribution is -2.25. The zero-order chi connectivity index (χ0) is 17.7. The molecule has 1 aliphatic rings. The maximum absolute atomic E-state index is 13.1. The van der Waals surface area contributed by atoms with Crippen molar-refractivity contribution in [3.8, 4) is 0 Å². The molecule has 0 atom stereocenters. The zero-order valence-electron chi connectivity index (χ0n) is 14.4. The highest BCUT2D eigenvalue weighted by molar-refractivity contribution is 7.18. The summed E-state index contributed by atoms with van der Waals surface area (Å²) in [6, 6.07) is 6.04. The van der Waals surface area contributed by atoms with Crippen LogP contribution < -0.4 is 10.9 Å². The lowest BCUT2D eigenvalue weighted by Gasteiger charge is -2.12. The largest absolute Gasteiger partial charge is 0.312 e. The van der Waals surface area contributed by atoms with E-state index in [0.29, 0.717) is 6.54 Å². The number of hydrogen-bond donors (Lipinski definition) is 1. The van der Waals surface area contributed by atoms with Crippen molar-refractivity contribution in [2.75, 3.05) is 6.54 Å². The van der Waals surface area contributed by atoms with Gasteiger partial charge in [-0.3, -0.25) is 9.36 Å². The van der Waals surface area contributed by atoms with Gasteiger partial charge in [-0.15, -0.1) is 16.4 Å². The molecule has 0 bridgehead atoms. The number of thiophene rings is 1. The number of hydrogen-bond acceptors (Lipinski definition) is 6. The van der Waals surface area contributed by atoms with Crippen LogP contribution in [-0.2, 0) is 26.1 Å². The van der Waals surface area contributed by atoms with Gasteiger partial charge in [0, 0.05) is 18.0 Å². The Morgan fingerprint density at radius 3 is 3.15 bits per heavy atom. The van der Waals surface area contributed by atoms with Gasteiger partial charge in [0.1, 0.15) is 10.3 Å². The maximum Gasteiger partial charge on any atom is 0.262 e. The minimum atomic E-state index is 0.0479. The van der Waals surface area contributed by atoms with Crippen molar-refractivity contribution in [3.63, 3.8) is 0 Å². The van der Waals surface area contributed by atoms with Crippen LogP contribution in [0.15, 0.2) is 29.3 Å². The van der Waals surface area contributed by atoms with Crippen LogP contribution in [0.25, 0.3) is 21.3 Å². The predicted molar refractivity (Wildman–Crippen MR) is 102 cm³/mol. The molecular weight excluding hydrogens is 348 g/mol. The smallest absolute Gasteiger partial charge is 0.262 e. The lowest BCUT2D eigenvalue weighted by atomic mass is 10.1. The Labute approximate surface area is 153 Å². The molecule has 0 aliphatic carbocycles. The summed E-state index contributed by atoms with van der Waals surface area (Å²) >= 11 is 1.63. The summed E-state index contributed by atoms with van der Waals surface area (Å²) < 4.78 is 3.56. The summed E-state index contributed by atoms with van der Waals surface area (Å²) in [7, 11) is 0. The van der Waals surface area contributed by atoms with E-state index in [0.717, 1.165) is 52.9 Å². The van der Waals surface area contributed by atoms with Crippen LogP contribution in [0.5, 0.6) is 0 Å². The summed E-state index contributed by atoms with van der Waals surface area (Å²) in [6.45, 7) is 5.06. The molecule has 132 valence electrons. The second-order valence-corrected chi connectivity index (χ2v) is 7.60. The van der Waals surface area contributed by atoms with Crippen LogP contribution in [0, 0.1) is 0 Å². The Bertz CT molecular complexity index is 1190. The molecular formula is C18H18N6OS. The van der Waals surface area contributed by atoms with E-state index in [1.54, 1.807) is 22.2 Å². The van der Waals surface area contributed by atoms with Crippen molar-refractivity contribution in [2.24, 2.45) is 0 Å². The fourth-order valence-electron chi connectivity index (χ4n) is 3.61. The molecule has 5 rings (SSSR count). The number of rotatable bonds is 3. The lowest BCUT2D eigenvalue weighted by molar-refractivity contribution is 0.646. The standard InChI is InChI=1S/C18H18N6OS/c1-2-24-14-4-3-11(7-13(14)21-22-24)9-23-10-20-17-16(18(23)25)12-5-6-19-8-15(12)26-17/h3-4,7,10,19H,2,5-6,8-9H2,1H3. The summed E-state index contributed by atoms with van der Waals surface area (Å²) in [6.07, 6.45) is 2.55. The van der Waals surface area contributed by atoms with Gasteiger partial charge in [0.2, 0.25) is 0 Å². The third-order valence-corrected chi connectivity index (χ3v) is 6.07. The fourth-order valence-corrected chi connectivity index (χ4v) is 4.76. The molecule has 3 aromatic heterocycles. The van der Waals surface area contributed by atoms with Gasteiger partial charge >= 0.3 is 0 Å². The van der Waals surface area contributed by atoms with Gasteiger partial charge in [0.25, 0.3) is 5.56 Å². The number of aryl methyl sites for hydroxylation is 1. The number of nitrogens with one attached hydrogen (secondary N) is 1. The van der Waals surface area contributed by atoms with Gasteiger partial charge in [-0.1, -0.05) is 11.3 Å². The highest BCUT2D eigenvalue weighted by Crippen LogP contribution is 2.29. The first-order chi connectivity index (χ1) is 12.7. The van der Waals surface area contributed by atoms with Gasteiger partial charge in [-0.2, -0.15) is 0 Å². The molecule has 0 radical (unpaired) electrons. The maximum atomic E-state index is 13.1. The molecule has 1 aromatic carbocycles. The van der Waals surface area contributed by atoms with Gasteiger partial charge in [-0.25, -0.2) is 9.67 Å². The summed E-state index contributed by atoms with van der Waals surface area (Å²) in [5, 5.41) is 12.5. The number of benzene rings is 1. The molecule has 1 aliphatic heterocycles. The summed E-state index contributed by atoms with van der Waals surface area (Å²) in [4.78, 5) is 19.7. The Morgan fingerprint density at radius 2 is 2.27 bits per heavy atom. The predicted octanol–water partition coefficient (Wildman–Crippen LogP) is 1.92. The fraction of sp³-hybridized carbons (Fsp3) is 0.333. The van der Waals surface area contributed by atoms with Crippen LogP contribution in [0.4, 0.5) is 0 Å². The molecule has 0 saturated carbocycles. The zero-order valence-corrected chi connectivity index (χ0v) is 15.2. The van der Waals surface area contributed by atoms with Gasteiger partial charge < -0.3 is 5.32 Å². The second-order valence-electron chi connectivity index (χ2n) is 6.52. The molecule has 4 heterocycles. The first kappa shape index (κ1) is 15.7. The van der Waals surface area contributed by atoms with Gasteiger partial charge in [-0.05, 0) is 43.1 Å². The van der Waals surface area contributed by atoms with Crippen LogP contribution in [0.2, 0.25) is 0 Å². The van der Waals surface area contributed by atoms with E-state index in [1.807, 2.05) is 29.8 Å². The summed E-state index contributed by atoms with van der Waals surface area (Å²) in [5.74, 6) is 0. The minimum absolute atomic E-state index is 0.0479. The van der Waals surface area contributed by atoms with Crippen molar-refractivity contribution < 1.29 is 0 Å². The van der Waals surface area contributed by atoms with Crippen molar-refractivity contribution in [3.05, 3.63) is 50.9 Å². The molecule has 0 fully saturated rings. The molecule has 8 heteroatoms. The van der Waals surface area contributed by atoms with Crippen LogP contribution in [-0.4, -0.2) is 31.1 Å². The molecule has 1 N–H and O–H groups in total. The normalized spacial score (nSPS) is 14.2. The Hall–Kier alpha value is -2.58. The molecule has 7 nitrogen and oxygen atoms in total. The van der Waals surface area contributed by atoms with Crippen molar-refractivity contribution in [1.82, 2.24) is 29.9 Å². The van der Waals surface area contributed by atoms with E-state index < -0.39 is 0 Å². The summed E-state index contributed by atoms with van der Waals surface area (Å²) in [5.41, 5.74) is 4.11. The van der Waals surface area contributed by atoms with E-state index in [-0.39, 0.29) is 5.56 Å². The quantitative estimate of drug-likeness (QED) is 0.599. The molecule has 26 heavy (non-hydrogen) atoms. The monoisotopic (exact) mass is 366 g/mol. The van der Waals surface area contributed by atoms with E-state index >= 15 is 0 Å². The van der Waals surface area contributed by atoms with E-state index in [9.17, 15) is 4.79 Å². The number of fused-ring (bicyclic) bond motifs is 4. The average molecular weight is 366 g/mol. The SMILES string of the molecule is CCn1nnc2cc(Cn3cnc4sc5c(c4c3=O)CCNC5)ccc21. The Balaban J connectivity index is 1.57. The Morgan fingerprint density at radius 1 is 1.35 bits per heavy atom. The third-order valence-electron chi connectivity index (χ3n) is 4.93. The highest BCUT2D eigenvalue weighted by atomic mass is 32.1. The first-order valence-electron chi connectivity index (χ1n) is 8.77. The van der Waals surface area contributed by atoms with Gasteiger partial charge in [0.05, 0.1) is 23.8 Å². The average Bonchev–Trinajstić information content (AvgIpc) is 3.24. The Kier molecular flexibility index (Phi) is 3.61. The molecule has 0 spiro atoms. The van der Waals surface area contributed by atoms with E-state index in [2.05, 4.69) is 20.6 Å². The van der Waals surface area contributed by atoms with Crippen LogP contribution >= 0.6 is 11.3 Å². The van der Waals surface area contributed by atoms with Crippen molar-refractivity contribution >= 4 is 32.6 Å². The third kappa shape index (κ3) is 2.37. The molecule has 0 amide bonds. The second kappa shape index (κ2) is 6.00. The molecule has 0 saturated heterocycles. The van der Waals surface area contributed by atoms with E-state index in [1.165, 1.54) is 10.4 Å².